The minimum atomic E-state index is -0.227. The molecule has 9 heteroatoms. The highest BCUT2D eigenvalue weighted by molar-refractivity contribution is 8.26. The third-order valence-electron chi connectivity index (χ3n) is 5.18. The molecule has 1 N–H and O–H groups in total. The fraction of sp³-hybridized carbons (Fsp3) is 0.455. The van der Waals surface area contributed by atoms with E-state index in [2.05, 4.69) is 5.32 Å². The lowest BCUT2D eigenvalue weighted by Crippen LogP contribution is -2.36. The molecule has 2 aromatic rings. The molecule has 0 aliphatic carbocycles. The number of thioether (sulfide) groups is 1. The molecule has 3 heterocycles. The van der Waals surface area contributed by atoms with Gasteiger partial charge >= 0.3 is 0 Å². The summed E-state index contributed by atoms with van der Waals surface area (Å²) in [6, 6.07) is 3.73. The summed E-state index contributed by atoms with van der Waals surface area (Å²) in [5.74, 6) is 0.296. The number of nitrogens with one attached hydrogen (secondary N) is 1. The first-order valence-corrected chi connectivity index (χ1v) is 11.7. The number of nitrogens with zero attached hydrogens (tertiary/aromatic N) is 3. The van der Waals surface area contributed by atoms with Crippen LogP contribution in [0.4, 0.5) is 5.82 Å². The monoisotopic (exact) mass is 460 g/mol. The second-order valence-corrected chi connectivity index (χ2v) is 9.03. The first-order chi connectivity index (χ1) is 14.9. The lowest BCUT2D eigenvalue weighted by Gasteiger charge is -2.21. The largest absolute Gasteiger partial charge is 0.382 e. The van der Waals surface area contributed by atoms with Crippen LogP contribution in [0.25, 0.3) is 11.7 Å². The Morgan fingerprint density at radius 1 is 1.35 bits per heavy atom. The summed E-state index contributed by atoms with van der Waals surface area (Å²) < 4.78 is 7.42. The Morgan fingerprint density at radius 2 is 2.13 bits per heavy atom. The maximum Gasteiger partial charge on any atom is 0.267 e. The normalized spacial score (nSPS) is 16.5. The molecule has 0 aromatic carbocycles. The molecule has 0 saturated carbocycles. The van der Waals surface area contributed by atoms with Crippen molar-refractivity contribution in [3.63, 3.8) is 0 Å². The summed E-state index contributed by atoms with van der Waals surface area (Å²) in [7, 11) is 0. The molecule has 2 aromatic heterocycles. The number of rotatable bonds is 9. The van der Waals surface area contributed by atoms with E-state index in [1.54, 1.807) is 17.2 Å². The molecule has 3 rings (SSSR count). The van der Waals surface area contributed by atoms with E-state index < -0.39 is 0 Å². The molecule has 0 radical (unpaired) electrons. The van der Waals surface area contributed by atoms with Gasteiger partial charge in [0.25, 0.3) is 11.5 Å². The lowest BCUT2D eigenvalue weighted by atomic mass is 10.2. The van der Waals surface area contributed by atoms with Crippen molar-refractivity contribution in [2.75, 3.05) is 25.1 Å². The van der Waals surface area contributed by atoms with Gasteiger partial charge in [0.15, 0.2) is 0 Å². The molecular formula is C22H28N4O3S2. The summed E-state index contributed by atoms with van der Waals surface area (Å²) in [6.45, 7) is 9.74. The quantitative estimate of drug-likeness (QED) is 0.346. The summed E-state index contributed by atoms with van der Waals surface area (Å²) in [4.78, 5) is 33.1. The molecule has 31 heavy (non-hydrogen) atoms. The van der Waals surface area contributed by atoms with Gasteiger partial charge in [-0.05, 0) is 51.3 Å². The number of anilines is 1. The van der Waals surface area contributed by atoms with Gasteiger partial charge in [0.1, 0.15) is 15.8 Å². The van der Waals surface area contributed by atoms with E-state index in [-0.39, 0.29) is 17.5 Å². The average molecular weight is 461 g/mol. The van der Waals surface area contributed by atoms with E-state index >= 15 is 0 Å². The van der Waals surface area contributed by atoms with Gasteiger partial charge in [0.2, 0.25) is 0 Å². The van der Waals surface area contributed by atoms with Crippen LogP contribution in [-0.2, 0) is 9.53 Å². The van der Waals surface area contributed by atoms with Crippen LogP contribution in [0.5, 0.6) is 0 Å². The number of hydrogen-bond donors (Lipinski definition) is 1. The predicted molar refractivity (Wildman–Crippen MR) is 131 cm³/mol. The topological polar surface area (TPSA) is 75.9 Å². The van der Waals surface area contributed by atoms with Crippen LogP contribution < -0.4 is 10.9 Å². The Hall–Kier alpha value is -2.23. The number of carbonyl (C=O) groups is 1. The maximum atomic E-state index is 13.3. The van der Waals surface area contributed by atoms with Gasteiger partial charge in [0, 0.05) is 32.0 Å². The molecule has 1 fully saturated rings. The van der Waals surface area contributed by atoms with Gasteiger partial charge < -0.3 is 10.1 Å². The summed E-state index contributed by atoms with van der Waals surface area (Å²) in [5.41, 5.74) is 1.61. The molecule has 1 aliphatic heterocycles. The predicted octanol–water partition coefficient (Wildman–Crippen LogP) is 3.84. The summed E-state index contributed by atoms with van der Waals surface area (Å²) >= 11 is 6.65. The Kier molecular flexibility index (Phi) is 7.85. The first-order valence-electron chi connectivity index (χ1n) is 10.5. The van der Waals surface area contributed by atoms with Crippen LogP contribution in [0.15, 0.2) is 28.0 Å². The van der Waals surface area contributed by atoms with Crippen molar-refractivity contribution >= 4 is 51.7 Å². The number of amides is 1. The number of aromatic nitrogens is 2. The van der Waals surface area contributed by atoms with Crippen LogP contribution in [-0.4, -0.2) is 50.3 Å². The number of thiocarbonyl (C=S) groups is 1. The van der Waals surface area contributed by atoms with E-state index in [1.807, 2.05) is 39.8 Å². The summed E-state index contributed by atoms with van der Waals surface area (Å²) in [5, 5.41) is 3.26. The molecule has 0 unspecified atom stereocenters. The van der Waals surface area contributed by atoms with E-state index in [0.29, 0.717) is 46.0 Å². The van der Waals surface area contributed by atoms with Crippen LogP contribution in [0.3, 0.4) is 0 Å². The van der Waals surface area contributed by atoms with E-state index in [1.165, 1.54) is 16.2 Å². The average Bonchev–Trinajstić information content (AvgIpc) is 3.03. The van der Waals surface area contributed by atoms with Crippen LogP contribution in [0, 0.1) is 6.92 Å². The number of hydrogen-bond acceptors (Lipinski definition) is 7. The number of fused-ring (bicyclic) bond motifs is 1. The van der Waals surface area contributed by atoms with Crippen LogP contribution >= 0.6 is 24.0 Å². The molecular weight excluding hydrogens is 432 g/mol. The summed E-state index contributed by atoms with van der Waals surface area (Å²) in [6.07, 6.45) is 4.89. The second-order valence-electron chi connectivity index (χ2n) is 7.35. The van der Waals surface area contributed by atoms with Gasteiger partial charge in [-0.2, -0.15) is 0 Å². The molecule has 1 saturated heterocycles. The van der Waals surface area contributed by atoms with Crippen molar-refractivity contribution in [3.05, 3.63) is 44.7 Å². The van der Waals surface area contributed by atoms with Gasteiger partial charge in [-0.25, -0.2) is 4.98 Å². The Labute approximate surface area is 191 Å². The molecule has 1 amide bonds. The first kappa shape index (κ1) is 23.4. The van der Waals surface area contributed by atoms with Crippen molar-refractivity contribution in [1.29, 1.82) is 0 Å². The Bertz CT molecular complexity index is 1080. The van der Waals surface area contributed by atoms with E-state index in [9.17, 15) is 9.59 Å². The third kappa shape index (κ3) is 4.99. The minimum absolute atomic E-state index is 0.00744. The molecule has 1 aliphatic rings. The number of pyridine rings is 1. The van der Waals surface area contributed by atoms with Crippen molar-refractivity contribution in [2.24, 2.45) is 0 Å². The molecule has 166 valence electrons. The number of aryl methyl sites for hydroxylation is 1. The third-order valence-corrected chi connectivity index (χ3v) is 6.51. The van der Waals surface area contributed by atoms with Crippen LogP contribution in [0.1, 0.15) is 44.7 Å². The smallest absolute Gasteiger partial charge is 0.267 e. The number of ether oxygens (including phenoxy) is 1. The standard InChI is InChI=1S/C22H28N4O3S2/c1-5-15(4)26-21(28)17(31-22(26)30)13-16-18(23-10-8-12-29-6-2)24-19-14(3)9-7-11-25(19)20(16)27/h7,9,11,13,15,23H,5-6,8,10,12H2,1-4H3/b17-13+/t15-/m1/s1. The molecule has 7 nitrogen and oxygen atoms in total. The minimum Gasteiger partial charge on any atom is -0.382 e. The molecule has 1 atom stereocenters. The fourth-order valence-corrected chi connectivity index (χ4v) is 4.72. The molecule has 0 bridgehead atoms. The zero-order chi connectivity index (χ0) is 22.5. The Morgan fingerprint density at radius 3 is 2.84 bits per heavy atom. The van der Waals surface area contributed by atoms with Gasteiger partial charge in [-0.15, -0.1) is 0 Å². The van der Waals surface area contributed by atoms with Crippen molar-refractivity contribution in [3.8, 4) is 0 Å². The zero-order valence-corrected chi connectivity index (χ0v) is 19.9. The van der Waals surface area contributed by atoms with Crippen molar-refractivity contribution in [2.45, 2.75) is 46.6 Å². The molecule has 0 spiro atoms. The zero-order valence-electron chi connectivity index (χ0n) is 18.3. The van der Waals surface area contributed by atoms with Gasteiger partial charge in [0.05, 0.1) is 10.5 Å². The Balaban J connectivity index is 2.03. The maximum absolute atomic E-state index is 13.3. The van der Waals surface area contributed by atoms with Crippen molar-refractivity contribution < 1.29 is 9.53 Å². The highest BCUT2D eigenvalue weighted by Crippen LogP contribution is 2.34. The second kappa shape index (κ2) is 10.4. The van der Waals surface area contributed by atoms with Gasteiger partial charge in [-0.3, -0.25) is 18.9 Å². The fourth-order valence-electron chi connectivity index (χ4n) is 3.28. The van der Waals surface area contributed by atoms with Crippen molar-refractivity contribution in [1.82, 2.24) is 14.3 Å². The van der Waals surface area contributed by atoms with Gasteiger partial charge in [-0.1, -0.05) is 37.0 Å². The number of carbonyl (C=O) groups excluding carboxylic acids is 1. The highest BCUT2D eigenvalue weighted by atomic mass is 32.2. The lowest BCUT2D eigenvalue weighted by molar-refractivity contribution is -0.123. The van der Waals surface area contributed by atoms with E-state index in [0.717, 1.165) is 18.4 Å². The SMILES string of the molecule is CCOCCCNc1nc2c(C)cccn2c(=O)c1/C=C1/SC(=S)N([C@H](C)CC)C1=O. The van der Waals surface area contributed by atoms with E-state index in [4.69, 9.17) is 21.9 Å². The van der Waals surface area contributed by atoms with Crippen LogP contribution in [0.2, 0.25) is 0 Å². The highest BCUT2D eigenvalue weighted by Gasteiger charge is 2.35.